The van der Waals surface area contributed by atoms with Crippen molar-refractivity contribution >= 4 is 50.4 Å². The summed E-state index contributed by atoms with van der Waals surface area (Å²) in [5.74, 6) is -3.16. The van der Waals surface area contributed by atoms with E-state index in [2.05, 4.69) is 29.7 Å². The largest absolute Gasteiger partial charge is 0.724 e. The molecule has 7 N–H and O–H groups in total. The fraction of sp³-hybridized carbons (Fsp3) is 0.448. The van der Waals surface area contributed by atoms with E-state index in [0.717, 1.165) is 54.9 Å². The van der Waals surface area contributed by atoms with Crippen LogP contribution in [0.25, 0.3) is 11.1 Å². The van der Waals surface area contributed by atoms with Crippen molar-refractivity contribution in [1.29, 1.82) is 0 Å². The molecular weight excluding hydrogens is 699 g/mol. The highest BCUT2D eigenvalue weighted by Gasteiger charge is 2.57. The molecule has 2 amide bonds. The molecule has 0 aliphatic carbocycles. The number of nitrogens with two attached hydrogens (primary N) is 2. The SMILES string of the molecule is C[n+]1cc(-c2ccc(OC[C@H](O/N=C(/C(=O)N[C@@H]3C(=O)N(OS(=O)(=O)[O-])C3(C)C)c3csc(N)n3)C(=O)O)cc2)cn1CCCNCCCN. The average Bonchev–Trinajstić information content (AvgIpc) is 3.66. The Morgan fingerprint density at radius 3 is 2.52 bits per heavy atom. The molecule has 1 aliphatic rings. The molecule has 0 spiro atoms. The Labute approximate surface area is 291 Å². The average molecular weight is 738 g/mol. The van der Waals surface area contributed by atoms with Crippen molar-refractivity contribution in [3.63, 3.8) is 0 Å². The quantitative estimate of drug-likeness (QED) is 0.0190. The number of aromatic nitrogens is 3. The second-order valence-electron chi connectivity index (χ2n) is 11.7. The van der Waals surface area contributed by atoms with Crippen LogP contribution in [0.1, 0.15) is 32.4 Å². The number of thiazole rings is 1. The monoisotopic (exact) mass is 737 g/mol. The first kappa shape index (κ1) is 38.1. The van der Waals surface area contributed by atoms with Gasteiger partial charge in [0.05, 0.1) is 23.8 Å². The van der Waals surface area contributed by atoms with Gasteiger partial charge in [0.2, 0.25) is 16.6 Å². The van der Waals surface area contributed by atoms with Gasteiger partial charge < -0.3 is 41.3 Å². The van der Waals surface area contributed by atoms with Crippen LogP contribution in [0.3, 0.4) is 0 Å². The molecule has 0 unspecified atom stereocenters. The number of nitrogens with one attached hydrogen (secondary N) is 2. The summed E-state index contributed by atoms with van der Waals surface area (Å²) in [5.41, 5.74) is 11.0. The number of nitrogens with zero attached hydrogens (tertiary/aromatic N) is 5. The van der Waals surface area contributed by atoms with Gasteiger partial charge in [-0.25, -0.2) is 18.2 Å². The number of carbonyl (C=O) groups is 3. The second kappa shape index (κ2) is 16.4. The van der Waals surface area contributed by atoms with Crippen LogP contribution in [-0.4, -0.2) is 100 Å². The Morgan fingerprint density at radius 2 is 1.92 bits per heavy atom. The van der Waals surface area contributed by atoms with Gasteiger partial charge in [-0.3, -0.25) is 9.59 Å². The summed E-state index contributed by atoms with van der Waals surface area (Å²) in [6, 6.07) is 5.66. The van der Waals surface area contributed by atoms with Crippen LogP contribution >= 0.6 is 11.3 Å². The lowest BCUT2D eigenvalue weighted by molar-refractivity contribution is -0.753. The normalized spacial score (nSPS) is 16.5. The van der Waals surface area contributed by atoms with E-state index in [1.165, 1.54) is 19.2 Å². The van der Waals surface area contributed by atoms with Crippen LogP contribution < -0.4 is 31.5 Å². The third kappa shape index (κ3) is 9.73. The minimum absolute atomic E-state index is 0.0546. The van der Waals surface area contributed by atoms with Crippen LogP contribution in [0.5, 0.6) is 5.75 Å². The standard InChI is InChI=1S/C29H39N9O10S2/c1-29(2)24(26(40)38(29)48-50(43,44)45)34-25(39)23(21-17-49-28(31)33-21)35-47-22(27(41)42)16-46-20-8-6-18(7-9-20)19-14-36(3)37(15-19)13-5-12-32-11-4-10-30/h6-9,14-15,17,22,24,32H,4-5,10-13,16,30H2,1-3H3,(H4-,31,33,34,39,41,42,43,44,45)/b35-23+/t22-,24+/m0/s1. The molecule has 1 aromatic carbocycles. The maximum absolute atomic E-state index is 13.2. The number of aliphatic carboxylic acids is 1. The first-order valence-corrected chi connectivity index (χ1v) is 17.5. The first-order valence-electron chi connectivity index (χ1n) is 15.3. The molecule has 21 heteroatoms. The maximum Gasteiger partial charge on any atom is 0.351 e. The number of hydrogen-bond donors (Lipinski definition) is 5. The Hall–Kier alpha value is -4.67. The predicted molar refractivity (Wildman–Crippen MR) is 177 cm³/mol. The zero-order valence-electron chi connectivity index (χ0n) is 27.5. The molecule has 50 heavy (non-hydrogen) atoms. The summed E-state index contributed by atoms with van der Waals surface area (Å²) in [7, 11) is -3.31. The Balaban J connectivity index is 1.39. The van der Waals surface area contributed by atoms with E-state index in [4.69, 9.17) is 21.0 Å². The number of oxime groups is 1. The van der Waals surface area contributed by atoms with Gasteiger partial charge in [0.25, 0.3) is 17.9 Å². The molecule has 3 heterocycles. The summed E-state index contributed by atoms with van der Waals surface area (Å²) in [4.78, 5) is 46.9. The summed E-state index contributed by atoms with van der Waals surface area (Å²) >= 11 is 0.956. The molecule has 0 saturated carbocycles. The van der Waals surface area contributed by atoms with Gasteiger partial charge in [-0.1, -0.05) is 17.3 Å². The summed E-state index contributed by atoms with van der Waals surface area (Å²) in [6.07, 6.45) is 4.24. The number of carboxylic acid groups (broad SMARTS) is 1. The molecule has 1 aliphatic heterocycles. The topological polar surface area (TPSA) is 270 Å². The number of carbonyl (C=O) groups excluding carboxylic acids is 2. The van der Waals surface area contributed by atoms with Crippen molar-refractivity contribution in [2.24, 2.45) is 17.9 Å². The maximum atomic E-state index is 13.2. The number of β-lactam (4-membered cyclic amide) rings is 1. The Morgan fingerprint density at radius 1 is 1.22 bits per heavy atom. The summed E-state index contributed by atoms with van der Waals surface area (Å²) in [6.45, 7) is 5.44. The lowest BCUT2D eigenvalue weighted by Gasteiger charge is -2.51. The number of amides is 2. The number of nitrogen functional groups attached to an aromatic ring is 1. The lowest BCUT2D eigenvalue weighted by atomic mass is 9.84. The molecule has 19 nitrogen and oxygen atoms in total. The number of benzene rings is 1. The number of aryl methyl sites for hydroxylation is 2. The zero-order chi connectivity index (χ0) is 36.6. The van der Waals surface area contributed by atoms with Gasteiger partial charge in [0, 0.05) is 5.38 Å². The van der Waals surface area contributed by atoms with E-state index < -0.39 is 58.2 Å². The highest BCUT2D eigenvalue weighted by molar-refractivity contribution is 7.80. The molecular formula is C29H39N9O10S2. The minimum Gasteiger partial charge on any atom is -0.724 e. The van der Waals surface area contributed by atoms with Crippen molar-refractivity contribution in [2.45, 2.75) is 50.9 Å². The molecule has 2 aromatic heterocycles. The van der Waals surface area contributed by atoms with Gasteiger partial charge in [0.1, 0.15) is 24.1 Å². The molecule has 2 atom stereocenters. The van der Waals surface area contributed by atoms with Gasteiger partial charge >= 0.3 is 5.97 Å². The molecule has 0 bridgehead atoms. The fourth-order valence-electron chi connectivity index (χ4n) is 4.85. The predicted octanol–water partition coefficient (Wildman–Crippen LogP) is -0.903. The molecule has 1 saturated heterocycles. The minimum atomic E-state index is -5.27. The number of anilines is 1. The first-order chi connectivity index (χ1) is 23.6. The van der Waals surface area contributed by atoms with Gasteiger partial charge in [0.15, 0.2) is 17.9 Å². The van der Waals surface area contributed by atoms with Gasteiger partial charge in [-0.05, 0) is 64.0 Å². The van der Waals surface area contributed by atoms with Crippen molar-refractivity contribution in [1.82, 2.24) is 25.4 Å². The van der Waals surface area contributed by atoms with E-state index in [0.29, 0.717) is 17.4 Å². The molecule has 1 fully saturated rings. The molecule has 3 aromatic rings. The van der Waals surface area contributed by atoms with Crippen LogP contribution in [0.2, 0.25) is 0 Å². The van der Waals surface area contributed by atoms with Crippen molar-refractivity contribution < 1.29 is 51.0 Å². The smallest absolute Gasteiger partial charge is 0.351 e. The molecule has 0 radical (unpaired) electrons. The second-order valence-corrected chi connectivity index (χ2v) is 13.5. The van der Waals surface area contributed by atoms with E-state index >= 15 is 0 Å². The van der Waals surface area contributed by atoms with Gasteiger partial charge in [-0.15, -0.1) is 16.0 Å². The van der Waals surface area contributed by atoms with Crippen LogP contribution in [0, 0.1) is 0 Å². The van der Waals surface area contributed by atoms with E-state index in [1.54, 1.807) is 12.1 Å². The van der Waals surface area contributed by atoms with E-state index in [1.807, 2.05) is 36.3 Å². The fourth-order valence-corrected chi connectivity index (χ4v) is 5.84. The summed E-state index contributed by atoms with van der Waals surface area (Å²) < 4.78 is 46.9. The third-order valence-electron chi connectivity index (χ3n) is 7.55. The van der Waals surface area contributed by atoms with Crippen molar-refractivity contribution in [3.8, 4) is 16.9 Å². The summed E-state index contributed by atoms with van der Waals surface area (Å²) in [5, 5.41) is 20.9. The van der Waals surface area contributed by atoms with Gasteiger partial charge in [-0.2, -0.15) is 14.0 Å². The Kier molecular flexibility index (Phi) is 12.5. The van der Waals surface area contributed by atoms with E-state index in [9.17, 15) is 32.5 Å². The number of carboxylic acids is 1. The van der Waals surface area contributed by atoms with Crippen molar-refractivity contribution in [3.05, 3.63) is 47.7 Å². The van der Waals surface area contributed by atoms with E-state index in [-0.39, 0.29) is 10.8 Å². The Bertz CT molecular complexity index is 1810. The molecule has 272 valence electrons. The lowest BCUT2D eigenvalue weighted by Crippen LogP contribution is -2.76. The third-order valence-corrected chi connectivity index (χ3v) is 8.56. The highest BCUT2D eigenvalue weighted by atomic mass is 32.3. The number of ether oxygens (including phenoxy) is 1. The number of rotatable bonds is 19. The molecule has 4 rings (SSSR count). The zero-order valence-corrected chi connectivity index (χ0v) is 29.1. The van der Waals surface area contributed by atoms with Crippen LogP contribution in [0.15, 0.2) is 47.2 Å². The number of hydroxylamine groups is 2. The van der Waals surface area contributed by atoms with Crippen molar-refractivity contribution in [2.75, 3.05) is 32.0 Å². The van der Waals surface area contributed by atoms with Crippen LogP contribution in [-0.2, 0) is 47.5 Å². The highest BCUT2D eigenvalue weighted by Crippen LogP contribution is 2.33. The van der Waals surface area contributed by atoms with Crippen LogP contribution in [0.4, 0.5) is 5.13 Å². The number of hydrogen-bond acceptors (Lipinski definition) is 15.